The Kier molecular flexibility index (Phi) is 10.8. The lowest BCUT2D eigenvalue weighted by Gasteiger charge is -2.34. The Morgan fingerprint density at radius 2 is 2.19 bits per heavy atom. The normalized spacial score (nSPS) is 18.5. The second-order valence-corrected chi connectivity index (χ2v) is 8.32. The van der Waals surface area contributed by atoms with Gasteiger partial charge in [0.05, 0.1) is 12.2 Å². The number of piperidine rings is 1. The fourth-order valence-electron chi connectivity index (χ4n) is 3.22. The molecule has 0 amide bonds. The highest BCUT2D eigenvalue weighted by Gasteiger charge is 2.20. The number of hydrogen-bond donors (Lipinski definition) is 2. The van der Waals surface area contributed by atoms with Crippen LogP contribution < -0.4 is 15.5 Å². The van der Waals surface area contributed by atoms with Gasteiger partial charge in [0.25, 0.3) is 0 Å². The minimum Gasteiger partial charge on any atom is -0.356 e. The maximum absolute atomic E-state index is 4.60. The SMILES string of the molecule is CN=C(NCc1csc(N(C)C)n1)NCC1CCCN(CC(C)C)C1.I. The van der Waals surface area contributed by atoms with E-state index in [2.05, 4.69) is 44.7 Å². The van der Waals surface area contributed by atoms with E-state index in [9.17, 15) is 0 Å². The van der Waals surface area contributed by atoms with E-state index in [0.717, 1.165) is 29.2 Å². The lowest BCUT2D eigenvalue weighted by Crippen LogP contribution is -2.45. The Hall–Kier alpha value is -0.610. The largest absolute Gasteiger partial charge is 0.356 e. The lowest BCUT2D eigenvalue weighted by molar-refractivity contribution is 0.159. The summed E-state index contributed by atoms with van der Waals surface area (Å²) in [6.45, 7) is 9.94. The van der Waals surface area contributed by atoms with Gasteiger partial charge in [-0.05, 0) is 31.2 Å². The average Bonchev–Trinajstić information content (AvgIpc) is 3.04. The fourth-order valence-corrected chi connectivity index (χ4v) is 3.98. The van der Waals surface area contributed by atoms with Crippen LogP contribution in [-0.4, -0.2) is 63.2 Å². The maximum atomic E-state index is 4.60. The van der Waals surface area contributed by atoms with E-state index in [1.54, 1.807) is 11.3 Å². The highest BCUT2D eigenvalue weighted by molar-refractivity contribution is 14.0. The maximum Gasteiger partial charge on any atom is 0.191 e. The smallest absolute Gasteiger partial charge is 0.191 e. The van der Waals surface area contributed by atoms with E-state index < -0.39 is 0 Å². The summed E-state index contributed by atoms with van der Waals surface area (Å²) in [6.07, 6.45) is 2.61. The molecule has 6 nitrogen and oxygen atoms in total. The fraction of sp³-hybridized carbons (Fsp3) is 0.778. The number of halogens is 1. The molecule has 1 fully saturated rings. The molecule has 0 bridgehead atoms. The summed E-state index contributed by atoms with van der Waals surface area (Å²) < 4.78 is 0. The molecule has 2 heterocycles. The van der Waals surface area contributed by atoms with Crippen LogP contribution in [0.25, 0.3) is 0 Å². The van der Waals surface area contributed by atoms with Crippen molar-refractivity contribution in [1.29, 1.82) is 0 Å². The van der Waals surface area contributed by atoms with Gasteiger partial charge in [0, 0.05) is 46.2 Å². The van der Waals surface area contributed by atoms with E-state index in [0.29, 0.717) is 12.5 Å². The minimum absolute atomic E-state index is 0. The molecule has 0 radical (unpaired) electrons. The monoisotopic (exact) mass is 494 g/mol. The highest BCUT2D eigenvalue weighted by atomic mass is 127. The van der Waals surface area contributed by atoms with Gasteiger partial charge in [-0.2, -0.15) is 0 Å². The van der Waals surface area contributed by atoms with Gasteiger partial charge in [-0.1, -0.05) is 13.8 Å². The molecule has 150 valence electrons. The third-order valence-electron chi connectivity index (χ3n) is 4.37. The Bertz CT molecular complexity index is 546. The Morgan fingerprint density at radius 1 is 1.42 bits per heavy atom. The van der Waals surface area contributed by atoms with E-state index in [1.165, 1.54) is 32.5 Å². The standard InChI is InChI=1S/C18H34N6S.HI/c1-14(2)11-24-8-6-7-15(12-24)9-20-17(19-3)21-10-16-13-25-18(22-16)23(4)5;/h13-15H,6-12H2,1-5H3,(H2,19,20,21);1H. The molecule has 26 heavy (non-hydrogen) atoms. The number of anilines is 1. The molecule has 1 saturated heterocycles. The summed E-state index contributed by atoms with van der Waals surface area (Å²) >= 11 is 1.67. The number of rotatable bonds is 7. The Morgan fingerprint density at radius 3 is 2.81 bits per heavy atom. The van der Waals surface area contributed by atoms with Crippen LogP contribution in [0.4, 0.5) is 5.13 Å². The molecule has 0 aromatic carbocycles. The van der Waals surface area contributed by atoms with Crippen LogP contribution in [0.1, 0.15) is 32.4 Å². The van der Waals surface area contributed by atoms with Crippen molar-refractivity contribution < 1.29 is 0 Å². The van der Waals surface area contributed by atoms with Crippen molar-refractivity contribution in [3.05, 3.63) is 11.1 Å². The predicted molar refractivity (Wildman–Crippen MR) is 124 cm³/mol. The number of aliphatic imine (C=N–C) groups is 1. The number of nitrogens with one attached hydrogen (secondary N) is 2. The highest BCUT2D eigenvalue weighted by Crippen LogP contribution is 2.18. The van der Waals surface area contributed by atoms with E-state index in [-0.39, 0.29) is 24.0 Å². The molecule has 2 rings (SSSR count). The first-order chi connectivity index (χ1) is 12.0. The van der Waals surface area contributed by atoms with Crippen molar-refractivity contribution in [1.82, 2.24) is 20.5 Å². The Labute approximate surface area is 179 Å². The Balaban J connectivity index is 0.00000338. The molecule has 1 aromatic rings. The van der Waals surface area contributed by atoms with Crippen molar-refractivity contribution in [2.24, 2.45) is 16.8 Å². The molecule has 1 aliphatic rings. The van der Waals surface area contributed by atoms with Crippen molar-refractivity contribution in [2.45, 2.75) is 33.2 Å². The number of aromatic nitrogens is 1. The van der Waals surface area contributed by atoms with Crippen LogP contribution >= 0.6 is 35.3 Å². The van der Waals surface area contributed by atoms with Gasteiger partial charge in [-0.3, -0.25) is 4.99 Å². The second kappa shape index (κ2) is 12.0. The summed E-state index contributed by atoms with van der Waals surface area (Å²) in [5.41, 5.74) is 1.05. The zero-order valence-electron chi connectivity index (χ0n) is 16.8. The van der Waals surface area contributed by atoms with Gasteiger partial charge in [0.15, 0.2) is 11.1 Å². The van der Waals surface area contributed by atoms with E-state index in [4.69, 9.17) is 0 Å². The molecule has 1 unspecified atom stereocenters. The number of hydrogen-bond acceptors (Lipinski definition) is 5. The van der Waals surface area contributed by atoms with Gasteiger partial charge < -0.3 is 20.4 Å². The number of likely N-dealkylation sites (tertiary alicyclic amines) is 1. The number of nitrogens with zero attached hydrogens (tertiary/aromatic N) is 4. The van der Waals surface area contributed by atoms with Gasteiger partial charge in [-0.25, -0.2) is 4.98 Å². The van der Waals surface area contributed by atoms with Crippen LogP contribution in [0.15, 0.2) is 10.4 Å². The molecule has 0 aliphatic carbocycles. The van der Waals surface area contributed by atoms with Gasteiger partial charge >= 0.3 is 0 Å². The van der Waals surface area contributed by atoms with Crippen LogP contribution in [0.2, 0.25) is 0 Å². The molecular formula is C18H35IN6S. The third-order valence-corrected chi connectivity index (χ3v) is 5.42. The quantitative estimate of drug-likeness (QED) is 0.347. The summed E-state index contributed by atoms with van der Waals surface area (Å²) in [5.74, 6) is 2.30. The van der Waals surface area contributed by atoms with Gasteiger partial charge in [0.1, 0.15) is 0 Å². The van der Waals surface area contributed by atoms with Gasteiger partial charge in [-0.15, -0.1) is 35.3 Å². The molecule has 8 heteroatoms. The molecule has 1 aliphatic heterocycles. The van der Waals surface area contributed by atoms with Crippen LogP contribution in [0.3, 0.4) is 0 Å². The summed E-state index contributed by atoms with van der Waals surface area (Å²) in [7, 11) is 5.86. The van der Waals surface area contributed by atoms with Crippen molar-refractivity contribution in [3.8, 4) is 0 Å². The summed E-state index contributed by atoms with van der Waals surface area (Å²) in [6, 6.07) is 0. The number of guanidine groups is 1. The lowest BCUT2D eigenvalue weighted by atomic mass is 9.97. The van der Waals surface area contributed by atoms with Crippen molar-refractivity contribution >= 4 is 46.4 Å². The molecular weight excluding hydrogens is 459 g/mol. The molecule has 0 saturated carbocycles. The van der Waals surface area contributed by atoms with Crippen LogP contribution in [-0.2, 0) is 6.54 Å². The second-order valence-electron chi connectivity index (χ2n) is 7.48. The van der Waals surface area contributed by atoms with Crippen molar-refractivity contribution in [3.63, 3.8) is 0 Å². The first kappa shape index (κ1) is 23.4. The molecule has 0 spiro atoms. The van der Waals surface area contributed by atoms with E-state index in [1.807, 2.05) is 26.0 Å². The predicted octanol–water partition coefficient (Wildman–Crippen LogP) is 2.86. The molecule has 1 aromatic heterocycles. The molecule has 1 atom stereocenters. The van der Waals surface area contributed by atoms with Crippen LogP contribution in [0, 0.1) is 11.8 Å². The molecule has 2 N–H and O–H groups in total. The zero-order valence-corrected chi connectivity index (χ0v) is 19.9. The minimum atomic E-state index is 0. The third kappa shape index (κ3) is 7.96. The zero-order chi connectivity index (χ0) is 18.2. The summed E-state index contributed by atoms with van der Waals surface area (Å²) in [5, 5.41) is 9.99. The topological polar surface area (TPSA) is 55.8 Å². The summed E-state index contributed by atoms with van der Waals surface area (Å²) in [4.78, 5) is 13.6. The van der Waals surface area contributed by atoms with Crippen molar-refractivity contribution in [2.75, 3.05) is 52.2 Å². The average molecular weight is 494 g/mol. The first-order valence-corrected chi connectivity index (χ1v) is 10.1. The van der Waals surface area contributed by atoms with E-state index >= 15 is 0 Å². The van der Waals surface area contributed by atoms with Gasteiger partial charge in [0.2, 0.25) is 0 Å². The number of thiazole rings is 1. The van der Waals surface area contributed by atoms with Crippen LogP contribution in [0.5, 0.6) is 0 Å². The first-order valence-electron chi connectivity index (χ1n) is 9.26.